The predicted molar refractivity (Wildman–Crippen MR) is 128 cm³/mol. The summed E-state index contributed by atoms with van der Waals surface area (Å²) in [6.45, 7) is -0.921. The van der Waals surface area contributed by atoms with Gasteiger partial charge in [-0.1, -0.05) is 6.92 Å². The van der Waals surface area contributed by atoms with Crippen LogP contribution in [0.3, 0.4) is 0 Å². The molecule has 3 aliphatic rings. The Balaban J connectivity index is 1.90. The van der Waals surface area contributed by atoms with E-state index in [1.54, 1.807) is 6.92 Å². The van der Waals surface area contributed by atoms with Gasteiger partial charge in [-0.05, 0) is 0 Å². The van der Waals surface area contributed by atoms with Crippen LogP contribution in [0, 0.1) is 5.92 Å². The van der Waals surface area contributed by atoms with Crippen LogP contribution >= 0.6 is 0 Å². The highest BCUT2D eigenvalue weighted by atomic mass is 16.8. The smallest absolute Gasteiger partial charge is 0.364 e. The number of aliphatic hydroxyl groups excluding tert-OH is 9. The molecule has 0 spiro atoms. The van der Waals surface area contributed by atoms with Crippen LogP contribution in [0.25, 0.3) is 0 Å². The molecule has 41 heavy (non-hydrogen) atoms. The molecule has 240 valence electrons. The molecule has 18 nitrogen and oxygen atoms in total. The highest BCUT2D eigenvalue weighted by Gasteiger charge is 2.59. The van der Waals surface area contributed by atoms with E-state index in [-0.39, 0.29) is 0 Å². The molecule has 3 saturated heterocycles. The van der Waals surface area contributed by atoms with Gasteiger partial charge in [0.05, 0.1) is 38.1 Å². The SMILES string of the molecule is CO[C@@H]1OC(CO)[C@@H](O[C@@H]2OC(CO)[C@H](O)C(O[C@]3(C(=O)O)C[C@@H](O)[C@@H](N)C([C@H](O)[C@H](O)CO)O3)[C@@H]2O)C(O)C1C. The molecule has 0 aromatic rings. The summed E-state index contributed by atoms with van der Waals surface area (Å²) >= 11 is 0. The third kappa shape index (κ3) is 6.83. The molecule has 3 rings (SSSR count). The van der Waals surface area contributed by atoms with Crippen molar-refractivity contribution < 1.29 is 84.3 Å². The highest BCUT2D eigenvalue weighted by molar-refractivity contribution is 5.76. The van der Waals surface area contributed by atoms with Crippen molar-refractivity contribution >= 4 is 5.97 Å². The quantitative estimate of drug-likeness (QED) is 0.105. The van der Waals surface area contributed by atoms with Crippen molar-refractivity contribution in [2.24, 2.45) is 11.7 Å². The van der Waals surface area contributed by atoms with E-state index in [9.17, 15) is 55.9 Å². The first-order valence-electron chi connectivity index (χ1n) is 13.0. The Morgan fingerprint density at radius 1 is 0.976 bits per heavy atom. The number of carboxylic acids is 1. The standard InChI is InChI=1S/C23H41NO17/c1-7-13(30)17(11(6-27)38-20(7)36-2)39-21-16(33)19(15(32)10(5-26)37-21)41-23(22(34)35)3-8(28)12(24)18(40-23)14(31)9(29)4-25/h7-21,25-33H,3-6,24H2,1-2H3,(H,34,35)/t7?,8-,9-,10?,11?,12-,13?,14-,15+,16+,17-,18?,19?,20-,21+,23+/m1/s1. The van der Waals surface area contributed by atoms with Crippen molar-refractivity contribution in [1.29, 1.82) is 0 Å². The number of hydrogen-bond donors (Lipinski definition) is 11. The van der Waals surface area contributed by atoms with Gasteiger partial charge >= 0.3 is 5.97 Å². The van der Waals surface area contributed by atoms with Gasteiger partial charge in [0.1, 0.15) is 54.9 Å². The molecule has 0 saturated carbocycles. The molecular formula is C23H41NO17. The number of rotatable bonds is 11. The highest BCUT2D eigenvalue weighted by Crippen LogP contribution is 2.38. The lowest BCUT2D eigenvalue weighted by Gasteiger charge is -2.50. The second-order valence-corrected chi connectivity index (χ2v) is 10.4. The van der Waals surface area contributed by atoms with E-state index in [1.165, 1.54) is 7.11 Å². The summed E-state index contributed by atoms with van der Waals surface area (Å²) in [6.07, 6.45) is -22.2. The summed E-state index contributed by atoms with van der Waals surface area (Å²) < 4.78 is 33.0. The van der Waals surface area contributed by atoms with Crippen LogP contribution in [-0.2, 0) is 33.2 Å². The first-order valence-corrected chi connectivity index (χ1v) is 13.0. The number of nitrogens with two attached hydrogens (primary N) is 1. The normalized spacial score (nSPS) is 47.1. The molecule has 16 atom stereocenters. The average molecular weight is 604 g/mol. The minimum Gasteiger partial charge on any atom is -0.477 e. The van der Waals surface area contributed by atoms with Gasteiger partial charge in [0.15, 0.2) is 12.6 Å². The first-order chi connectivity index (χ1) is 19.3. The number of carboxylic acid groups (broad SMARTS) is 1. The lowest BCUT2D eigenvalue weighted by molar-refractivity contribution is -0.383. The summed E-state index contributed by atoms with van der Waals surface area (Å²) in [5.74, 6) is -5.45. The van der Waals surface area contributed by atoms with E-state index >= 15 is 0 Å². The van der Waals surface area contributed by atoms with E-state index in [4.69, 9.17) is 34.2 Å². The molecule has 3 fully saturated rings. The van der Waals surface area contributed by atoms with Gasteiger partial charge in [-0.15, -0.1) is 0 Å². The number of carbonyl (C=O) groups is 1. The van der Waals surface area contributed by atoms with E-state index in [2.05, 4.69) is 0 Å². The van der Waals surface area contributed by atoms with Crippen LogP contribution in [0.2, 0.25) is 0 Å². The van der Waals surface area contributed by atoms with Crippen LogP contribution in [-0.4, -0.2) is 176 Å². The van der Waals surface area contributed by atoms with E-state index in [1.807, 2.05) is 0 Å². The summed E-state index contributed by atoms with van der Waals surface area (Å²) in [4.78, 5) is 12.4. The summed E-state index contributed by atoms with van der Waals surface area (Å²) in [6, 6.07) is -1.45. The molecule has 0 aromatic heterocycles. The second kappa shape index (κ2) is 14.1. The van der Waals surface area contributed by atoms with Gasteiger partial charge in [0.25, 0.3) is 5.79 Å². The van der Waals surface area contributed by atoms with Crippen molar-refractivity contribution in [3.63, 3.8) is 0 Å². The van der Waals surface area contributed by atoms with Crippen molar-refractivity contribution in [3.05, 3.63) is 0 Å². The zero-order chi connectivity index (χ0) is 30.8. The summed E-state index contributed by atoms with van der Waals surface area (Å²) in [5.41, 5.74) is 5.85. The molecular weight excluding hydrogens is 562 g/mol. The van der Waals surface area contributed by atoms with Crippen molar-refractivity contribution in [2.75, 3.05) is 26.9 Å². The number of hydrogen-bond acceptors (Lipinski definition) is 17. The lowest BCUT2D eigenvalue weighted by Crippen LogP contribution is -2.70. The fourth-order valence-electron chi connectivity index (χ4n) is 5.18. The number of ether oxygens (including phenoxy) is 6. The summed E-state index contributed by atoms with van der Waals surface area (Å²) in [7, 11) is 1.33. The zero-order valence-electron chi connectivity index (χ0n) is 22.4. The molecule has 12 N–H and O–H groups in total. The number of aliphatic hydroxyl groups is 9. The van der Waals surface area contributed by atoms with Gasteiger partial charge in [-0.25, -0.2) is 4.79 Å². The second-order valence-electron chi connectivity index (χ2n) is 10.4. The fraction of sp³-hybridized carbons (Fsp3) is 0.957. The Morgan fingerprint density at radius 2 is 1.59 bits per heavy atom. The maximum atomic E-state index is 12.4. The molecule has 0 bridgehead atoms. The maximum absolute atomic E-state index is 12.4. The molecule has 18 heteroatoms. The van der Waals surface area contributed by atoms with Gasteiger partial charge in [-0.3, -0.25) is 0 Å². The first kappa shape index (κ1) is 34.3. The van der Waals surface area contributed by atoms with Crippen LogP contribution < -0.4 is 5.73 Å². The Labute approximate surface area is 234 Å². The van der Waals surface area contributed by atoms with Crippen LogP contribution in [0.15, 0.2) is 0 Å². The predicted octanol–water partition coefficient (Wildman–Crippen LogP) is -6.47. The van der Waals surface area contributed by atoms with Crippen molar-refractivity contribution in [1.82, 2.24) is 0 Å². The minimum absolute atomic E-state index is 0.652. The molecule has 0 amide bonds. The van der Waals surface area contributed by atoms with Crippen molar-refractivity contribution in [2.45, 2.75) is 105 Å². The molecule has 0 aliphatic carbocycles. The van der Waals surface area contributed by atoms with Crippen LogP contribution in [0.5, 0.6) is 0 Å². The molecule has 3 heterocycles. The third-order valence-electron chi connectivity index (χ3n) is 7.70. The Bertz CT molecular complexity index is 853. The Morgan fingerprint density at radius 3 is 2.12 bits per heavy atom. The number of aliphatic carboxylic acids is 1. The van der Waals surface area contributed by atoms with E-state index < -0.39 is 130 Å². The maximum Gasteiger partial charge on any atom is 0.364 e. The lowest BCUT2D eigenvalue weighted by atomic mass is 9.88. The van der Waals surface area contributed by atoms with Gasteiger partial charge in [0, 0.05) is 19.4 Å². The van der Waals surface area contributed by atoms with Crippen LogP contribution in [0.1, 0.15) is 13.3 Å². The van der Waals surface area contributed by atoms with Crippen molar-refractivity contribution in [3.8, 4) is 0 Å². The fourth-order valence-corrected chi connectivity index (χ4v) is 5.18. The molecule has 0 radical (unpaired) electrons. The molecule has 0 aromatic carbocycles. The zero-order valence-corrected chi connectivity index (χ0v) is 22.4. The molecule has 6 unspecified atom stereocenters. The molecule has 3 aliphatic heterocycles. The largest absolute Gasteiger partial charge is 0.477 e. The Hall–Kier alpha value is -1.17. The van der Waals surface area contributed by atoms with Gasteiger partial charge in [-0.2, -0.15) is 0 Å². The topological polar surface area (TPSA) is 301 Å². The monoisotopic (exact) mass is 603 g/mol. The van der Waals surface area contributed by atoms with Gasteiger partial charge in [0.2, 0.25) is 0 Å². The average Bonchev–Trinajstić information content (AvgIpc) is 2.95. The minimum atomic E-state index is -2.88. The number of methoxy groups -OCH3 is 1. The van der Waals surface area contributed by atoms with E-state index in [0.29, 0.717) is 0 Å². The van der Waals surface area contributed by atoms with Gasteiger partial charge < -0.3 is 85.2 Å². The summed E-state index contributed by atoms with van der Waals surface area (Å²) in [5, 5.41) is 102. The van der Waals surface area contributed by atoms with E-state index in [0.717, 1.165) is 0 Å². The Kier molecular flexibility index (Phi) is 11.8. The third-order valence-corrected chi connectivity index (χ3v) is 7.70. The van der Waals surface area contributed by atoms with Crippen LogP contribution in [0.4, 0.5) is 0 Å².